The maximum absolute atomic E-state index is 13.5. The molecule has 1 unspecified atom stereocenters. The minimum atomic E-state index is -2.74. The van der Waals surface area contributed by atoms with Crippen LogP contribution in [0, 0.1) is 0 Å². The molecule has 17 heavy (non-hydrogen) atoms. The minimum Gasteiger partial charge on any atom is -0.486 e. The van der Waals surface area contributed by atoms with Crippen LogP contribution in [-0.2, 0) is 5.41 Å². The summed E-state index contributed by atoms with van der Waals surface area (Å²) in [5, 5.41) is 0. The first kappa shape index (κ1) is 10.8. The number of hydrogen-bond donors (Lipinski definition) is 1. The number of fused-ring (bicyclic) bond motifs is 1. The van der Waals surface area contributed by atoms with Crippen LogP contribution >= 0.6 is 0 Å². The monoisotopic (exact) mass is 241 g/mol. The highest BCUT2D eigenvalue weighted by molar-refractivity contribution is 5.55. The second-order valence-electron chi connectivity index (χ2n) is 4.50. The third-order valence-corrected chi connectivity index (χ3v) is 3.53. The van der Waals surface area contributed by atoms with Gasteiger partial charge in [0.1, 0.15) is 13.2 Å². The van der Waals surface area contributed by atoms with Gasteiger partial charge in [-0.2, -0.15) is 0 Å². The number of nitrogens with two attached hydrogens (primary N) is 1. The number of rotatable bonds is 2. The Hall–Kier alpha value is -1.36. The van der Waals surface area contributed by atoms with Crippen molar-refractivity contribution in [1.29, 1.82) is 0 Å². The first-order valence-corrected chi connectivity index (χ1v) is 5.58. The fourth-order valence-electron chi connectivity index (χ4n) is 2.41. The number of alkyl halides is 2. The predicted molar refractivity (Wildman–Crippen MR) is 57.7 cm³/mol. The first-order chi connectivity index (χ1) is 8.11. The van der Waals surface area contributed by atoms with Gasteiger partial charge in [0.15, 0.2) is 11.5 Å². The summed E-state index contributed by atoms with van der Waals surface area (Å²) in [6, 6.07) is 5.08. The molecule has 0 aromatic heterocycles. The largest absolute Gasteiger partial charge is 0.486 e. The standard InChI is InChI=1S/C12H13F2NO2/c13-12(14)6-11(12,7-15)8-2-1-3-9-10(8)17-5-4-16-9/h1-3H,4-7,15H2. The van der Waals surface area contributed by atoms with E-state index in [1.54, 1.807) is 18.2 Å². The van der Waals surface area contributed by atoms with E-state index in [9.17, 15) is 8.78 Å². The molecular weight excluding hydrogens is 228 g/mol. The highest BCUT2D eigenvalue weighted by Crippen LogP contribution is 2.63. The third kappa shape index (κ3) is 1.35. The average molecular weight is 241 g/mol. The van der Waals surface area contributed by atoms with Gasteiger partial charge in [-0.3, -0.25) is 0 Å². The number of hydrogen-bond acceptors (Lipinski definition) is 3. The lowest BCUT2D eigenvalue weighted by Crippen LogP contribution is -2.28. The van der Waals surface area contributed by atoms with Crippen LogP contribution in [0.5, 0.6) is 11.5 Å². The van der Waals surface area contributed by atoms with Gasteiger partial charge in [-0.15, -0.1) is 0 Å². The zero-order valence-corrected chi connectivity index (χ0v) is 9.21. The van der Waals surface area contributed by atoms with Gasteiger partial charge in [-0.1, -0.05) is 12.1 Å². The molecule has 0 spiro atoms. The molecule has 5 heteroatoms. The zero-order chi connectivity index (χ0) is 12.1. The van der Waals surface area contributed by atoms with E-state index in [2.05, 4.69) is 0 Å². The Morgan fingerprint density at radius 2 is 1.94 bits per heavy atom. The lowest BCUT2D eigenvalue weighted by Gasteiger charge is -2.24. The Morgan fingerprint density at radius 1 is 1.24 bits per heavy atom. The average Bonchev–Trinajstić information content (AvgIpc) is 2.92. The van der Waals surface area contributed by atoms with Crippen molar-refractivity contribution in [3.63, 3.8) is 0 Å². The third-order valence-electron chi connectivity index (χ3n) is 3.53. The summed E-state index contributed by atoms with van der Waals surface area (Å²) in [5.74, 6) is -1.77. The van der Waals surface area contributed by atoms with E-state index in [0.29, 0.717) is 30.3 Å². The molecule has 1 saturated carbocycles. The molecule has 1 atom stereocenters. The van der Waals surface area contributed by atoms with E-state index >= 15 is 0 Å². The topological polar surface area (TPSA) is 44.5 Å². The van der Waals surface area contributed by atoms with Gasteiger partial charge < -0.3 is 15.2 Å². The summed E-state index contributed by atoms with van der Waals surface area (Å²) in [6.07, 6.45) is -0.212. The quantitative estimate of drug-likeness (QED) is 0.857. The van der Waals surface area contributed by atoms with Crippen LogP contribution in [-0.4, -0.2) is 25.7 Å². The maximum atomic E-state index is 13.5. The lowest BCUT2D eigenvalue weighted by molar-refractivity contribution is 0.0874. The Bertz CT molecular complexity index is 464. The second kappa shape index (κ2) is 3.32. The Balaban J connectivity index is 2.10. The molecule has 0 radical (unpaired) electrons. The van der Waals surface area contributed by atoms with Gasteiger partial charge in [-0.25, -0.2) is 8.78 Å². The molecule has 0 amide bonds. The fraction of sp³-hybridized carbons (Fsp3) is 0.500. The summed E-state index contributed by atoms with van der Waals surface area (Å²) >= 11 is 0. The molecular formula is C12H13F2NO2. The Kier molecular flexibility index (Phi) is 2.10. The molecule has 92 valence electrons. The van der Waals surface area contributed by atoms with Crippen LogP contribution < -0.4 is 15.2 Å². The lowest BCUT2D eigenvalue weighted by atomic mass is 9.94. The van der Waals surface area contributed by atoms with Crippen LogP contribution in [0.4, 0.5) is 8.78 Å². The van der Waals surface area contributed by atoms with Gasteiger partial charge in [0.2, 0.25) is 0 Å². The number of halogens is 2. The number of benzene rings is 1. The van der Waals surface area contributed by atoms with E-state index in [-0.39, 0.29) is 13.0 Å². The first-order valence-electron chi connectivity index (χ1n) is 5.58. The van der Waals surface area contributed by atoms with Crippen molar-refractivity contribution < 1.29 is 18.3 Å². The van der Waals surface area contributed by atoms with Gasteiger partial charge in [-0.05, 0) is 6.07 Å². The molecule has 2 N–H and O–H groups in total. The van der Waals surface area contributed by atoms with Crippen molar-refractivity contribution in [3.05, 3.63) is 23.8 Å². The Labute approximate surface area is 97.5 Å². The van der Waals surface area contributed by atoms with Crippen molar-refractivity contribution in [1.82, 2.24) is 0 Å². The number of para-hydroxylation sites is 1. The highest BCUT2D eigenvalue weighted by Gasteiger charge is 2.72. The van der Waals surface area contributed by atoms with Gasteiger partial charge in [0, 0.05) is 18.5 Å². The molecule has 3 rings (SSSR count). The van der Waals surface area contributed by atoms with Crippen LogP contribution in [0.25, 0.3) is 0 Å². The van der Waals surface area contributed by atoms with E-state index < -0.39 is 11.3 Å². The molecule has 1 heterocycles. The zero-order valence-electron chi connectivity index (χ0n) is 9.21. The van der Waals surface area contributed by atoms with Crippen molar-refractivity contribution in [3.8, 4) is 11.5 Å². The Morgan fingerprint density at radius 3 is 2.59 bits per heavy atom. The summed E-state index contributed by atoms with van der Waals surface area (Å²) in [7, 11) is 0. The molecule has 1 aromatic carbocycles. The van der Waals surface area contributed by atoms with Crippen molar-refractivity contribution in [2.75, 3.05) is 19.8 Å². The highest BCUT2D eigenvalue weighted by atomic mass is 19.3. The van der Waals surface area contributed by atoms with E-state index in [4.69, 9.17) is 15.2 Å². The molecule has 1 aliphatic heterocycles. The molecule has 1 aromatic rings. The molecule has 1 fully saturated rings. The number of ether oxygens (including phenoxy) is 2. The van der Waals surface area contributed by atoms with Crippen LogP contribution in [0.1, 0.15) is 12.0 Å². The summed E-state index contributed by atoms with van der Waals surface area (Å²) in [4.78, 5) is 0. The minimum absolute atomic E-state index is 0.0835. The van der Waals surface area contributed by atoms with Gasteiger partial charge in [0.25, 0.3) is 5.92 Å². The summed E-state index contributed by atoms with van der Waals surface area (Å²) in [5.41, 5.74) is 4.74. The van der Waals surface area contributed by atoms with Crippen molar-refractivity contribution >= 4 is 0 Å². The predicted octanol–water partition coefficient (Wildman–Crippen LogP) is 1.69. The maximum Gasteiger partial charge on any atom is 0.260 e. The smallest absolute Gasteiger partial charge is 0.260 e. The fourth-order valence-corrected chi connectivity index (χ4v) is 2.41. The van der Waals surface area contributed by atoms with E-state index in [1.807, 2.05) is 0 Å². The van der Waals surface area contributed by atoms with E-state index in [1.165, 1.54) is 0 Å². The normalized spacial score (nSPS) is 28.9. The van der Waals surface area contributed by atoms with Crippen molar-refractivity contribution in [2.45, 2.75) is 17.8 Å². The molecule has 0 saturated heterocycles. The summed E-state index contributed by atoms with van der Waals surface area (Å²) in [6.45, 7) is 0.749. The van der Waals surface area contributed by atoms with E-state index in [0.717, 1.165) is 0 Å². The van der Waals surface area contributed by atoms with Gasteiger partial charge >= 0.3 is 0 Å². The van der Waals surface area contributed by atoms with Crippen LogP contribution in [0.3, 0.4) is 0 Å². The molecule has 3 nitrogen and oxygen atoms in total. The molecule has 0 bridgehead atoms. The summed E-state index contributed by atoms with van der Waals surface area (Å²) < 4.78 is 37.9. The second-order valence-corrected chi connectivity index (χ2v) is 4.50. The SMILES string of the molecule is NCC1(c2cccc3c2OCCO3)CC1(F)F. The van der Waals surface area contributed by atoms with Crippen molar-refractivity contribution in [2.24, 2.45) is 5.73 Å². The molecule has 2 aliphatic rings. The van der Waals surface area contributed by atoms with Crippen LogP contribution in [0.2, 0.25) is 0 Å². The van der Waals surface area contributed by atoms with Crippen LogP contribution in [0.15, 0.2) is 18.2 Å². The molecule has 1 aliphatic carbocycles. The van der Waals surface area contributed by atoms with Gasteiger partial charge in [0.05, 0.1) is 5.41 Å².